The van der Waals surface area contributed by atoms with Gasteiger partial charge in [-0.25, -0.2) is 0 Å². The van der Waals surface area contributed by atoms with Crippen LogP contribution in [0.15, 0.2) is 12.7 Å². The molecule has 21 heavy (non-hydrogen) atoms. The maximum Gasteiger partial charge on any atom is 0.307 e. The number of rotatable bonds is 6. The van der Waals surface area contributed by atoms with Crippen LogP contribution in [0.5, 0.6) is 0 Å². The summed E-state index contributed by atoms with van der Waals surface area (Å²) in [6.07, 6.45) is 2.08. The summed E-state index contributed by atoms with van der Waals surface area (Å²) in [5.41, 5.74) is 0. The molecule has 2 N–H and O–H groups in total. The summed E-state index contributed by atoms with van der Waals surface area (Å²) >= 11 is 0. The van der Waals surface area contributed by atoms with Crippen molar-refractivity contribution in [2.24, 2.45) is 11.8 Å². The molecule has 1 saturated heterocycles. The van der Waals surface area contributed by atoms with Crippen molar-refractivity contribution in [1.29, 1.82) is 0 Å². The van der Waals surface area contributed by atoms with Crippen LogP contribution in [0.3, 0.4) is 0 Å². The number of carbonyl (C=O) groups is 3. The van der Waals surface area contributed by atoms with Crippen molar-refractivity contribution in [2.45, 2.75) is 6.42 Å². The van der Waals surface area contributed by atoms with E-state index in [0.717, 1.165) is 0 Å². The molecule has 1 aliphatic carbocycles. The molecule has 2 aliphatic rings. The van der Waals surface area contributed by atoms with E-state index in [9.17, 15) is 14.4 Å². The standard InChI is InChI=1S/C14H21N3O4/c1-2-3-15-12(18)9-16-4-6-17(7-5-16)13(19)10-8-11(10)14(20)21/h2,10-11H,1,3-9H2,(H,15,18)(H,20,21)/t10-,11+/m1/s1. The Bertz CT molecular complexity index is 444. The molecule has 7 heteroatoms. The highest BCUT2D eigenvalue weighted by Gasteiger charge is 2.49. The van der Waals surface area contributed by atoms with Crippen molar-refractivity contribution in [3.05, 3.63) is 12.7 Å². The van der Waals surface area contributed by atoms with E-state index in [1.165, 1.54) is 0 Å². The molecule has 0 spiro atoms. The summed E-state index contributed by atoms with van der Waals surface area (Å²) in [5.74, 6) is -1.84. The van der Waals surface area contributed by atoms with Crippen LogP contribution in [0, 0.1) is 11.8 Å². The zero-order valence-electron chi connectivity index (χ0n) is 12.0. The number of nitrogens with one attached hydrogen (secondary N) is 1. The first-order valence-electron chi connectivity index (χ1n) is 7.14. The second-order valence-electron chi connectivity index (χ2n) is 5.48. The molecule has 0 radical (unpaired) electrons. The van der Waals surface area contributed by atoms with E-state index < -0.39 is 11.9 Å². The van der Waals surface area contributed by atoms with Gasteiger partial charge in [0.05, 0.1) is 18.4 Å². The molecular weight excluding hydrogens is 274 g/mol. The van der Waals surface area contributed by atoms with Gasteiger partial charge in [-0.05, 0) is 6.42 Å². The van der Waals surface area contributed by atoms with Gasteiger partial charge in [-0.3, -0.25) is 19.3 Å². The van der Waals surface area contributed by atoms with Crippen LogP contribution in [-0.4, -0.2) is 72.0 Å². The minimum atomic E-state index is -0.883. The number of hydrogen-bond acceptors (Lipinski definition) is 4. The van der Waals surface area contributed by atoms with E-state index in [4.69, 9.17) is 5.11 Å². The normalized spacial score (nSPS) is 25.2. The van der Waals surface area contributed by atoms with Gasteiger partial charge in [0, 0.05) is 32.7 Å². The third kappa shape index (κ3) is 4.04. The maximum absolute atomic E-state index is 12.1. The number of carboxylic acid groups (broad SMARTS) is 1. The van der Waals surface area contributed by atoms with Gasteiger partial charge in [-0.15, -0.1) is 6.58 Å². The van der Waals surface area contributed by atoms with Crippen LogP contribution in [0.25, 0.3) is 0 Å². The third-order valence-corrected chi connectivity index (χ3v) is 3.92. The van der Waals surface area contributed by atoms with Gasteiger partial charge in [0.25, 0.3) is 0 Å². The van der Waals surface area contributed by atoms with Crippen molar-refractivity contribution >= 4 is 17.8 Å². The van der Waals surface area contributed by atoms with Crippen LogP contribution in [0.4, 0.5) is 0 Å². The third-order valence-electron chi connectivity index (χ3n) is 3.92. The Labute approximate surface area is 123 Å². The van der Waals surface area contributed by atoms with Gasteiger partial charge in [0.15, 0.2) is 0 Å². The molecule has 2 rings (SSSR count). The Hall–Kier alpha value is -1.89. The van der Waals surface area contributed by atoms with E-state index in [2.05, 4.69) is 11.9 Å². The fraction of sp³-hybridized carbons (Fsp3) is 0.643. The van der Waals surface area contributed by atoms with Gasteiger partial charge in [-0.2, -0.15) is 0 Å². The lowest BCUT2D eigenvalue weighted by Crippen LogP contribution is -2.51. The Morgan fingerprint density at radius 3 is 2.38 bits per heavy atom. The molecule has 0 bridgehead atoms. The monoisotopic (exact) mass is 295 g/mol. The Kier molecular flexibility index (Phi) is 4.95. The van der Waals surface area contributed by atoms with Gasteiger partial charge in [0.1, 0.15) is 0 Å². The zero-order valence-corrected chi connectivity index (χ0v) is 12.0. The molecule has 2 amide bonds. The highest BCUT2D eigenvalue weighted by molar-refractivity contribution is 5.89. The molecule has 7 nitrogen and oxygen atoms in total. The molecule has 2 atom stereocenters. The average molecular weight is 295 g/mol. The van der Waals surface area contributed by atoms with E-state index in [1.807, 2.05) is 4.90 Å². The van der Waals surface area contributed by atoms with Crippen LogP contribution >= 0.6 is 0 Å². The first-order chi connectivity index (χ1) is 10.0. The van der Waals surface area contributed by atoms with Gasteiger partial charge >= 0.3 is 5.97 Å². The van der Waals surface area contributed by atoms with Crippen LogP contribution in [0.1, 0.15) is 6.42 Å². The fourth-order valence-electron chi connectivity index (χ4n) is 2.55. The number of hydrogen-bond donors (Lipinski definition) is 2. The quantitative estimate of drug-likeness (QED) is 0.623. The Morgan fingerprint density at radius 1 is 1.19 bits per heavy atom. The SMILES string of the molecule is C=CCNC(=O)CN1CCN(C(=O)[C@@H]2C[C@@H]2C(=O)O)CC1. The molecule has 2 fully saturated rings. The van der Waals surface area contributed by atoms with Gasteiger partial charge in [0.2, 0.25) is 11.8 Å². The second-order valence-corrected chi connectivity index (χ2v) is 5.48. The maximum atomic E-state index is 12.1. The topological polar surface area (TPSA) is 90.0 Å². The molecular formula is C14H21N3O4. The van der Waals surface area contributed by atoms with Gasteiger partial charge in [-0.1, -0.05) is 6.08 Å². The lowest BCUT2D eigenvalue weighted by Gasteiger charge is -2.34. The summed E-state index contributed by atoms with van der Waals surface area (Å²) < 4.78 is 0. The molecule has 0 aromatic heterocycles. The summed E-state index contributed by atoms with van der Waals surface area (Å²) in [7, 11) is 0. The van der Waals surface area contributed by atoms with E-state index in [0.29, 0.717) is 45.7 Å². The highest BCUT2D eigenvalue weighted by atomic mass is 16.4. The van der Waals surface area contributed by atoms with Crippen molar-refractivity contribution in [1.82, 2.24) is 15.1 Å². The largest absolute Gasteiger partial charge is 0.481 e. The summed E-state index contributed by atoms with van der Waals surface area (Å²) in [5, 5.41) is 11.6. The summed E-state index contributed by atoms with van der Waals surface area (Å²) in [6, 6.07) is 0. The van der Waals surface area contributed by atoms with Gasteiger partial charge < -0.3 is 15.3 Å². The molecule has 116 valence electrons. The number of nitrogens with zero attached hydrogens (tertiary/aromatic N) is 2. The molecule has 0 aromatic rings. The minimum Gasteiger partial charge on any atom is -0.481 e. The van der Waals surface area contributed by atoms with Crippen molar-refractivity contribution in [3.8, 4) is 0 Å². The lowest BCUT2D eigenvalue weighted by molar-refractivity contribution is -0.142. The molecule has 1 saturated carbocycles. The molecule has 0 unspecified atom stereocenters. The van der Waals surface area contributed by atoms with E-state index in [-0.39, 0.29) is 17.7 Å². The fourth-order valence-corrected chi connectivity index (χ4v) is 2.55. The number of carboxylic acids is 1. The Balaban J connectivity index is 1.71. The Morgan fingerprint density at radius 2 is 1.86 bits per heavy atom. The van der Waals surface area contributed by atoms with Crippen molar-refractivity contribution < 1.29 is 19.5 Å². The van der Waals surface area contributed by atoms with Crippen molar-refractivity contribution in [2.75, 3.05) is 39.3 Å². The predicted octanol–water partition coefficient (Wildman–Crippen LogP) is -0.846. The number of carbonyl (C=O) groups excluding carboxylic acids is 2. The average Bonchev–Trinajstić information content (AvgIpc) is 3.26. The van der Waals surface area contributed by atoms with Crippen LogP contribution in [-0.2, 0) is 14.4 Å². The minimum absolute atomic E-state index is 0.0530. The summed E-state index contributed by atoms with van der Waals surface area (Å²) in [4.78, 5) is 38.2. The van der Waals surface area contributed by atoms with Crippen LogP contribution in [0.2, 0.25) is 0 Å². The predicted molar refractivity (Wildman–Crippen MR) is 75.5 cm³/mol. The van der Waals surface area contributed by atoms with Crippen molar-refractivity contribution in [3.63, 3.8) is 0 Å². The summed E-state index contributed by atoms with van der Waals surface area (Å²) in [6.45, 7) is 6.68. The first kappa shape index (κ1) is 15.5. The number of amides is 2. The smallest absolute Gasteiger partial charge is 0.307 e. The molecule has 0 aromatic carbocycles. The number of aliphatic carboxylic acids is 1. The first-order valence-corrected chi connectivity index (χ1v) is 7.14. The van der Waals surface area contributed by atoms with E-state index in [1.54, 1.807) is 11.0 Å². The van der Waals surface area contributed by atoms with E-state index >= 15 is 0 Å². The number of piperazine rings is 1. The highest BCUT2D eigenvalue weighted by Crippen LogP contribution is 2.40. The molecule has 1 aliphatic heterocycles. The second kappa shape index (κ2) is 6.71. The lowest BCUT2D eigenvalue weighted by atomic mass is 10.2. The van der Waals surface area contributed by atoms with Crippen LogP contribution < -0.4 is 5.32 Å². The zero-order chi connectivity index (χ0) is 15.4. The molecule has 1 heterocycles.